The van der Waals surface area contributed by atoms with Gasteiger partial charge in [0.2, 0.25) is 5.91 Å². The molecule has 0 aliphatic heterocycles. The van der Waals surface area contributed by atoms with Crippen molar-refractivity contribution >= 4 is 44.1 Å². The van der Waals surface area contributed by atoms with Gasteiger partial charge in [-0.25, -0.2) is 4.79 Å². The van der Waals surface area contributed by atoms with Crippen LogP contribution in [-0.2, 0) is 28.9 Å². The van der Waals surface area contributed by atoms with Gasteiger partial charge in [-0.3, -0.25) is 9.48 Å². The summed E-state index contributed by atoms with van der Waals surface area (Å²) in [7, 11) is 0. The molecule has 1 N–H and O–H groups in total. The van der Waals surface area contributed by atoms with Crippen molar-refractivity contribution in [3.63, 3.8) is 0 Å². The standard InChI is InChI=1S/C20H26BrN3O3S/c1-11(2)27-20(26)17-14-7-5-6-8-15(14)28-19(17)22-16(25)9-10-24-13(4)18(21)12(3)23-24/h11H,5-10H2,1-4H3,(H,22,25). The number of carbonyl (C=O) groups excluding carboxylic acids is 2. The average Bonchev–Trinajstić information content (AvgIpc) is 3.11. The minimum atomic E-state index is -0.341. The summed E-state index contributed by atoms with van der Waals surface area (Å²) in [6, 6.07) is 0. The zero-order chi connectivity index (χ0) is 20.4. The number of nitrogens with one attached hydrogen (secondary N) is 1. The van der Waals surface area contributed by atoms with Crippen LogP contribution in [-0.4, -0.2) is 27.8 Å². The molecule has 0 saturated heterocycles. The van der Waals surface area contributed by atoms with Crippen molar-refractivity contribution in [1.82, 2.24) is 9.78 Å². The van der Waals surface area contributed by atoms with Crippen molar-refractivity contribution in [2.75, 3.05) is 5.32 Å². The molecule has 0 spiro atoms. The van der Waals surface area contributed by atoms with Crippen molar-refractivity contribution in [1.29, 1.82) is 0 Å². The van der Waals surface area contributed by atoms with E-state index in [2.05, 4.69) is 26.3 Å². The van der Waals surface area contributed by atoms with E-state index in [-0.39, 0.29) is 24.4 Å². The van der Waals surface area contributed by atoms with E-state index in [4.69, 9.17) is 4.74 Å². The van der Waals surface area contributed by atoms with Crippen molar-refractivity contribution in [2.24, 2.45) is 0 Å². The van der Waals surface area contributed by atoms with Gasteiger partial charge in [-0.1, -0.05) is 0 Å². The van der Waals surface area contributed by atoms with Gasteiger partial charge in [0.25, 0.3) is 0 Å². The molecule has 2 aromatic heterocycles. The van der Waals surface area contributed by atoms with Crippen LogP contribution >= 0.6 is 27.3 Å². The van der Waals surface area contributed by atoms with Crippen LogP contribution in [0.15, 0.2) is 4.47 Å². The van der Waals surface area contributed by atoms with Crippen molar-refractivity contribution in [2.45, 2.75) is 72.4 Å². The molecule has 0 radical (unpaired) electrons. The van der Waals surface area contributed by atoms with Crippen molar-refractivity contribution < 1.29 is 14.3 Å². The highest BCUT2D eigenvalue weighted by Crippen LogP contribution is 2.38. The number of hydrogen-bond acceptors (Lipinski definition) is 5. The first kappa shape index (κ1) is 21.0. The molecular formula is C20H26BrN3O3S. The van der Waals surface area contributed by atoms with Gasteiger partial charge in [0.15, 0.2) is 0 Å². The molecular weight excluding hydrogens is 442 g/mol. The van der Waals surface area contributed by atoms with Gasteiger partial charge >= 0.3 is 5.97 Å². The summed E-state index contributed by atoms with van der Waals surface area (Å²) in [5, 5.41) is 8.02. The molecule has 152 valence electrons. The summed E-state index contributed by atoms with van der Waals surface area (Å²) >= 11 is 5.02. The number of halogens is 1. The third-order valence-corrected chi connectivity index (χ3v) is 7.17. The number of esters is 1. The zero-order valence-electron chi connectivity index (χ0n) is 16.7. The highest BCUT2D eigenvalue weighted by Gasteiger charge is 2.27. The Bertz CT molecular complexity index is 901. The van der Waals surface area contributed by atoms with Crippen LogP contribution in [0.2, 0.25) is 0 Å². The first-order valence-corrected chi connectivity index (χ1v) is 11.2. The highest BCUT2D eigenvalue weighted by atomic mass is 79.9. The van der Waals surface area contributed by atoms with E-state index in [1.807, 2.05) is 32.4 Å². The maximum absolute atomic E-state index is 12.7. The molecule has 28 heavy (non-hydrogen) atoms. The number of ether oxygens (including phenoxy) is 1. The molecule has 0 atom stereocenters. The SMILES string of the molecule is Cc1nn(CCC(=O)Nc2sc3c(c2C(=O)OC(C)C)CCCC3)c(C)c1Br. The second kappa shape index (κ2) is 8.78. The molecule has 0 saturated carbocycles. The Kier molecular flexibility index (Phi) is 6.60. The van der Waals surface area contributed by atoms with Gasteiger partial charge in [-0.15, -0.1) is 11.3 Å². The number of amides is 1. The van der Waals surface area contributed by atoms with Gasteiger partial charge in [0, 0.05) is 17.0 Å². The van der Waals surface area contributed by atoms with Gasteiger partial charge in [-0.2, -0.15) is 5.10 Å². The lowest BCUT2D eigenvalue weighted by atomic mass is 9.95. The van der Waals surface area contributed by atoms with Crippen LogP contribution in [0.25, 0.3) is 0 Å². The number of fused-ring (bicyclic) bond motifs is 1. The monoisotopic (exact) mass is 467 g/mol. The topological polar surface area (TPSA) is 73.2 Å². The number of hydrogen-bond donors (Lipinski definition) is 1. The smallest absolute Gasteiger partial charge is 0.341 e. The Morgan fingerprint density at radius 2 is 2.00 bits per heavy atom. The van der Waals surface area contributed by atoms with Gasteiger partial charge in [-0.05, 0) is 74.9 Å². The van der Waals surface area contributed by atoms with Gasteiger partial charge in [0.05, 0.1) is 28.4 Å². The second-order valence-corrected chi connectivity index (χ2v) is 9.27. The minimum absolute atomic E-state index is 0.124. The quantitative estimate of drug-likeness (QED) is 0.619. The number of rotatable bonds is 6. The van der Waals surface area contributed by atoms with Crippen LogP contribution in [0, 0.1) is 13.8 Å². The molecule has 0 fully saturated rings. The first-order valence-electron chi connectivity index (χ1n) is 9.62. The van der Waals surface area contributed by atoms with Crippen molar-refractivity contribution in [3.05, 3.63) is 31.9 Å². The van der Waals surface area contributed by atoms with Crippen LogP contribution in [0.3, 0.4) is 0 Å². The molecule has 1 aliphatic carbocycles. The fraction of sp³-hybridized carbons (Fsp3) is 0.550. The number of aryl methyl sites for hydroxylation is 3. The number of thiophene rings is 1. The predicted octanol–water partition coefficient (Wildman–Crippen LogP) is 4.80. The predicted molar refractivity (Wildman–Crippen MR) is 114 cm³/mol. The summed E-state index contributed by atoms with van der Waals surface area (Å²) in [5.74, 6) is -0.465. The average molecular weight is 468 g/mol. The summed E-state index contributed by atoms with van der Waals surface area (Å²) in [6.45, 7) is 8.05. The van der Waals surface area contributed by atoms with Crippen molar-refractivity contribution in [3.8, 4) is 0 Å². The minimum Gasteiger partial charge on any atom is -0.459 e. The summed E-state index contributed by atoms with van der Waals surface area (Å²) in [6.07, 6.45) is 4.09. The fourth-order valence-electron chi connectivity index (χ4n) is 3.43. The maximum atomic E-state index is 12.7. The Labute approximate surface area is 177 Å². The number of aromatic nitrogens is 2. The normalized spacial score (nSPS) is 13.5. The molecule has 0 unspecified atom stereocenters. The molecule has 8 heteroatoms. The maximum Gasteiger partial charge on any atom is 0.341 e. The first-order chi connectivity index (χ1) is 13.3. The third-order valence-electron chi connectivity index (χ3n) is 4.81. The van der Waals surface area contributed by atoms with E-state index in [9.17, 15) is 9.59 Å². The van der Waals surface area contributed by atoms with E-state index in [0.29, 0.717) is 17.1 Å². The van der Waals surface area contributed by atoms with E-state index >= 15 is 0 Å². The fourth-order valence-corrected chi connectivity index (χ4v) is 5.01. The second-order valence-electron chi connectivity index (χ2n) is 7.38. The van der Waals surface area contributed by atoms with E-state index in [0.717, 1.165) is 47.1 Å². The van der Waals surface area contributed by atoms with E-state index in [1.54, 1.807) is 0 Å². The molecule has 3 rings (SSSR count). The molecule has 0 aromatic carbocycles. The number of anilines is 1. The van der Waals surface area contributed by atoms with Crippen LogP contribution in [0.4, 0.5) is 5.00 Å². The highest BCUT2D eigenvalue weighted by molar-refractivity contribution is 9.10. The van der Waals surface area contributed by atoms with Gasteiger partial charge < -0.3 is 10.1 Å². The Morgan fingerprint density at radius 1 is 1.29 bits per heavy atom. The van der Waals surface area contributed by atoms with E-state index < -0.39 is 0 Å². The molecule has 0 bridgehead atoms. The molecule has 6 nitrogen and oxygen atoms in total. The summed E-state index contributed by atoms with van der Waals surface area (Å²) in [5.41, 5.74) is 3.51. The van der Waals surface area contributed by atoms with Crippen LogP contribution in [0.1, 0.15) is 65.3 Å². The molecule has 1 aliphatic rings. The van der Waals surface area contributed by atoms with Crippen LogP contribution < -0.4 is 5.32 Å². The lowest BCUT2D eigenvalue weighted by molar-refractivity contribution is -0.116. The lowest BCUT2D eigenvalue weighted by Gasteiger charge is -2.14. The number of carbonyl (C=O) groups is 2. The summed E-state index contributed by atoms with van der Waals surface area (Å²) in [4.78, 5) is 26.5. The summed E-state index contributed by atoms with van der Waals surface area (Å²) < 4.78 is 8.24. The molecule has 1 amide bonds. The lowest BCUT2D eigenvalue weighted by Crippen LogP contribution is -2.19. The zero-order valence-corrected chi connectivity index (χ0v) is 19.1. The van der Waals surface area contributed by atoms with Gasteiger partial charge in [0.1, 0.15) is 5.00 Å². The van der Waals surface area contributed by atoms with E-state index in [1.165, 1.54) is 16.2 Å². The molecule has 2 aromatic rings. The largest absolute Gasteiger partial charge is 0.459 e. The molecule has 2 heterocycles. The van der Waals surface area contributed by atoms with Crippen LogP contribution in [0.5, 0.6) is 0 Å². The Morgan fingerprint density at radius 3 is 2.64 bits per heavy atom. The third kappa shape index (κ3) is 4.49. The Balaban J connectivity index is 1.75. The Hall–Kier alpha value is -1.67. The number of nitrogens with zero attached hydrogens (tertiary/aromatic N) is 2.